The zero-order chi connectivity index (χ0) is 22.5. The lowest BCUT2D eigenvalue weighted by atomic mass is 9.85. The fourth-order valence-corrected chi connectivity index (χ4v) is 4.38. The molecule has 1 rings (SSSR count). The minimum Gasteiger partial charge on any atom is -0.481 e. The Balaban J connectivity index is 2.87. The van der Waals surface area contributed by atoms with Crippen molar-refractivity contribution in [3.8, 4) is 0 Å². The molecule has 0 aromatic carbocycles. The minimum atomic E-state index is -0.940. The highest BCUT2D eigenvalue weighted by atomic mass is 16.4. The second-order valence-corrected chi connectivity index (χ2v) is 8.50. The smallest absolute Gasteiger partial charge is 0.317 e. The van der Waals surface area contributed by atoms with Gasteiger partial charge in [-0.3, -0.25) is 24.1 Å². The summed E-state index contributed by atoms with van der Waals surface area (Å²) in [6.45, 7) is 0.872. The lowest BCUT2D eigenvalue weighted by Crippen LogP contribution is -2.33. The highest BCUT2D eigenvalue weighted by molar-refractivity contribution is 5.69. The van der Waals surface area contributed by atoms with Crippen molar-refractivity contribution < 1.29 is 39.6 Å². The molecule has 0 spiro atoms. The van der Waals surface area contributed by atoms with Crippen LogP contribution in [0.2, 0.25) is 0 Å². The van der Waals surface area contributed by atoms with E-state index in [-0.39, 0.29) is 43.6 Å². The second-order valence-electron chi connectivity index (χ2n) is 8.50. The molecule has 30 heavy (non-hydrogen) atoms. The first-order valence-corrected chi connectivity index (χ1v) is 10.7. The molecular weight excluding hydrogens is 394 g/mol. The Morgan fingerprint density at radius 3 is 1.43 bits per heavy atom. The highest BCUT2D eigenvalue weighted by Crippen LogP contribution is 2.28. The first-order chi connectivity index (χ1) is 14.2. The van der Waals surface area contributed by atoms with Gasteiger partial charge in [0.15, 0.2) is 0 Å². The van der Waals surface area contributed by atoms with E-state index in [9.17, 15) is 34.5 Å². The number of hydrogen-bond acceptors (Lipinski definition) is 5. The van der Waals surface area contributed by atoms with E-state index >= 15 is 0 Å². The summed E-state index contributed by atoms with van der Waals surface area (Å²) in [6, 6.07) is 0. The maximum Gasteiger partial charge on any atom is 0.317 e. The fourth-order valence-electron chi connectivity index (χ4n) is 4.38. The van der Waals surface area contributed by atoms with E-state index in [2.05, 4.69) is 0 Å². The molecule has 9 heteroatoms. The Labute approximate surface area is 177 Å². The van der Waals surface area contributed by atoms with E-state index < -0.39 is 23.9 Å². The Morgan fingerprint density at radius 1 is 0.567 bits per heavy atom. The summed E-state index contributed by atoms with van der Waals surface area (Å²) in [5.41, 5.74) is 0. The highest BCUT2D eigenvalue weighted by Gasteiger charge is 2.22. The van der Waals surface area contributed by atoms with Crippen molar-refractivity contribution in [3.63, 3.8) is 0 Å². The van der Waals surface area contributed by atoms with E-state index in [0.29, 0.717) is 64.5 Å². The molecule has 3 atom stereocenters. The van der Waals surface area contributed by atoms with Crippen LogP contribution in [0.1, 0.15) is 70.6 Å². The topological polar surface area (TPSA) is 152 Å². The summed E-state index contributed by atoms with van der Waals surface area (Å²) in [5, 5.41) is 36.7. The van der Waals surface area contributed by atoms with Crippen molar-refractivity contribution in [2.45, 2.75) is 70.6 Å². The molecule has 0 bridgehead atoms. The van der Waals surface area contributed by atoms with Gasteiger partial charge in [-0.15, -0.1) is 0 Å². The lowest BCUT2D eigenvalue weighted by molar-refractivity contribution is -0.140. The van der Waals surface area contributed by atoms with Gasteiger partial charge in [0.1, 0.15) is 0 Å². The standard InChI is InChI=1S/C21H35NO8/c23-18(24)11-15-3-1-4-17(13-20(27)28)8-10-22(14-21(29)30)9-2-5-16(7-6-15)12-19(25)26/h15-17H,1-14H2,(H,23,24)(H,25,26)(H,27,28)(H,29,30). The fraction of sp³-hybridized carbons (Fsp3) is 0.810. The first-order valence-electron chi connectivity index (χ1n) is 10.7. The molecule has 0 aromatic heterocycles. The average Bonchev–Trinajstić information content (AvgIpc) is 2.60. The molecule has 1 aliphatic heterocycles. The number of rotatable bonds is 8. The van der Waals surface area contributed by atoms with Crippen LogP contribution in [-0.2, 0) is 19.2 Å². The van der Waals surface area contributed by atoms with E-state index in [4.69, 9.17) is 5.11 Å². The van der Waals surface area contributed by atoms with Crippen LogP contribution in [-0.4, -0.2) is 68.8 Å². The number of aliphatic carboxylic acids is 4. The summed E-state index contributed by atoms with van der Waals surface area (Å²) >= 11 is 0. The van der Waals surface area contributed by atoms with Crippen LogP contribution in [0.4, 0.5) is 0 Å². The van der Waals surface area contributed by atoms with Gasteiger partial charge in [0.05, 0.1) is 6.54 Å². The van der Waals surface area contributed by atoms with Crippen molar-refractivity contribution in [3.05, 3.63) is 0 Å². The third kappa shape index (κ3) is 12.4. The van der Waals surface area contributed by atoms with E-state index in [1.165, 1.54) is 0 Å². The Morgan fingerprint density at radius 2 is 1.00 bits per heavy atom. The van der Waals surface area contributed by atoms with Crippen LogP contribution < -0.4 is 0 Å². The quantitative estimate of drug-likeness (QED) is 0.456. The monoisotopic (exact) mass is 429 g/mol. The molecule has 4 N–H and O–H groups in total. The Bertz CT molecular complexity index is 481. The van der Waals surface area contributed by atoms with Gasteiger partial charge in [0, 0.05) is 19.3 Å². The zero-order valence-corrected chi connectivity index (χ0v) is 17.5. The molecule has 0 saturated carbocycles. The number of carboxylic acids is 4. The summed E-state index contributed by atoms with van der Waals surface area (Å²) in [7, 11) is 0. The minimum absolute atomic E-state index is 0.0190. The van der Waals surface area contributed by atoms with Gasteiger partial charge in [-0.05, 0) is 75.8 Å². The Hall–Kier alpha value is -2.16. The molecular formula is C21H35NO8. The summed E-state index contributed by atoms with van der Waals surface area (Å²) in [4.78, 5) is 46.6. The van der Waals surface area contributed by atoms with Crippen LogP contribution >= 0.6 is 0 Å². The predicted octanol–water partition coefficient (Wildman–Crippen LogP) is 2.78. The molecule has 0 aliphatic carbocycles. The number of hydrogen-bond donors (Lipinski definition) is 4. The van der Waals surface area contributed by atoms with Crippen molar-refractivity contribution >= 4 is 23.9 Å². The van der Waals surface area contributed by atoms with E-state index in [1.807, 2.05) is 0 Å². The van der Waals surface area contributed by atoms with Crippen LogP contribution in [0.5, 0.6) is 0 Å². The predicted molar refractivity (Wildman–Crippen MR) is 108 cm³/mol. The second kappa shape index (κ2) is 14.0. The third-order valence-corrected chi connectivity index (χ3v) is 5.90. The van der Waals surface area contributed by atoms with Gasteiger partial charge in [-0.2, -0.15) is 0 Å². The zero-order valence-electron chi connectivity index (χ0n) is 17.5. The molecule has 0 radical (unpaired) electrons. The number of nitrogens with zero attached hydrogens (tertiary/aromatic N) is 1. The van der Waals surface area contributed by atoms with E-state index in [1.54, 1.807) is 4.90 Å². The van der Waals surface area contributed by atoms with Gasteiger partial charge in [0.2, 0.25) is 0 Å². The maximum atomic E-state index is 11.2. The molecule has 1 fully saturated rings. The average molecular weight is 430 g/mol. The van der Waals surface area contributed by atoms with Crippen molar-refractivity contribution in [1.82, 2.24) is 4.90 Å². The summed E-state index contributed by atoms with van der Waals surface area (Å²) in [6.07, 6.45) is 5.23. The molecule has 9 nitrogen and oxygen atoms in total. The Kier molecular flexibility index (Phi) is 12.0. The SMILES string of the molecule is O=C(O)CC1CCCC(CC(=O)O)CCN(CC(=O)O)CCCC(CC(=O)O)CC1. The first kappa shape index (κ1) is 25.9. The number of carbonyl (C=O) groups is 4. The van der Waals surface area contributed by atoms with Crippen LogP contribution in [0.25, 0.3) is 0 Å². The molecule has 1 aliphatic rings. The molecule has 1 saturated heterocycles. The van der Waals surface area contributed by atoms with Gasteiger partial charge < -0.3 is 20.4 Å². The van der Waals surface area contributed by atoms with Crippen LogP contribution in [0, 0.1) is 17.8 Å². The third-order valence-electron chi connectivity index (χ3n) is 5.90. The van der Waals surface area contributed by atoms with E-state index in [0.717, 1.165) is 0 Å². The molecule has 0 amide bonds. The molecule has 0 aromatic rings. The van der Waals surface area contributed by atoms with Crippen molar-refractivity contribution in [2.24, 2.45) is 17.8 Å². The van der Waals surface area contributed by atoms with Gasteiger partial charge in [-0.1, -0.05) is 6.42 Å². The van der Waals surface area contributed by atoms with Gasteiger partial charge in [-0.25, -0.2) is 0 Å². The summed E-state index contributed by atoms with van der Waals surface area (Å²) in [5.74, 6) is -3.76. The van der Waals surface area contributed by atoms with Crippen molar-refractivity contribution in [2.75, 3.05) is 19.6 Å². The van der Waals surface area contributed by atoms with Gasteiger partial charge >= 0.3 is 23.9 Å². The normalized spacial score (nSPS) is 25.1. The van der Waals surface area contributed by atoms with Crippen LogP contribution in [0.15, 0.2) is 0 Å². The largest absolute Gasteiger partial charge is 0.481 e. The van der Waals surface area contributed by atoms with Crippen molar-refractivity contribution in [1.29, 1.82) is 0 Å². The summed E-state index contributed by atoms with van der Waals surface area (Å²) < 4.78 is 0. The van der Waals surface area contributed by atoms with Crippen LogP contribution in [0.3, 0.4) is 0 Å². The maximum absolute atomic E-state index is 11.2. The lowest BCUT2D eigenvalue weighted by Gasteiger charge is -2.26. The number of carboxylic acid groups (broad SMARTS) is 4. The van der Waals surface area contributed by atoms with Gasteiger partial charge in [0.25, 0.3) is 0 Å². The molecule has 1 heterocycles. The molecule has 3 unspecified atom stereocenters. The molecule has 172 valence electrons.